The van der Waals surface area contributed by atoms with Gasteiger partial charge in [-0.3, -0.25) is 4.79 Å². The van der Waals surface area contributed by atoms with Gasteiger partial charge < -0.3 is 5.32 Å². The van der Waals surface area contributed by atoms with Crippen molar-refractivity contribution in [2.24, 2.45) is 0 Å². The van der Waals surface area contributed by atoms with Gasteiger partial charge in [0.25, 0.3) is 5.91 Å². The molecule has 0 aromatic heterocycles. The van der Waals surface area contributed by atoms with Crippen LogP contribution in [0.3, 0.4) is 0 Å². The molecule has 0 saturated heterocycles. The fraction of sp³-hybridized carbons (Fsp3) is 0. The van der Waals surface area contributed by atoms with Crippen LogP contribution < -0.4 is 5.32 Å². The SMILES string of the molecule is O=C(Nc1[c]cccc1)c1ccc(F)cc1. The first-order valence-corrected chi connectivity index (χ1v) is 4.79. The number of benzene rings is 2. The monoisotopic (exact) mass is 214 g/mol. The third-order valence-electron chi connectivity index (χ3n) is 2.06. The number of carbonyl (C=O) groups excluding carboxylic acids is 1. The highest BCUT2D eigenvalue weighted by molar-refractivity contribution is 6.04. The van der Waals surface area contributed by atoms with Crippen molar-refractivity contribution in [1.82, 2.24) is 0 Å². The molecule has 0 saturated carbocycles. The lowest BCUT2D eigenvalue weighted by Gasteiger charge is -2.03. The summed E-state index contributed by atoms with van der Waals surface area (Å²) in [5.41, 5.74) is 1.01. The van der Waals surface area contributed by atoms with Crippen molar-refractivity contribution in [2.75, 3.05) is 5.32 Å². The Labute approximate surface area is 92.7 Å². The van der Waals surface area contributed by atoms with Crippen LogP contribution in [0.4, 0.5) is 10.1 Å². The van der Waals surface area contributed by atoms with Crippen LogP contribution in [0.25, 0.3) is 0 Å². The predicted molar refractivity (Wildman–Crippen MR) is 59.6 cm³/mol. The van der Waals surface area contributed by atoms with Crippen molar-refractivity contribution < 1.29 is 9.18 Å². The van der Waals surface area contributed by atoms with Gasteiger partial charge in [-0.15, -0.1) is 0 Å². The molecule has 2 aromatic carbocycles. The average Bonchev–Trinajstić information content (AvgIpc) is 2.31. The molecule has 0 atom stereocenters. The van der Waals surface area contributed by atoms with Gasteiger partial charge in [-0.2, -0.15) is 0 Å². The Morgan fingerprint density at radius 3 is 2.50 bits per heavy atom. The number of para-hydroxylation sites is 1. The molecule has 0 aliphatic rings. The lowest BCUT2D eigenvalue weighted by molar-refractivity contribution is 0.102. The van der Waals surface area contributed by atoms with E-state index >= 15 is 0 Å². The minimum atomic E-state index is -0.358. The maximum Gasteiger partial charge on any atom is 0.255 e. The zero-order valence-electron chi connectivity index (χ0n) is 8.41. The van der Waals surface area contributed by atoms with E-state index in [4.69, 9.17) is 0 Å². The van der Waals surface area contributed by atoms with Crippen molar-refractivity contribution >= 4 is 11.6 Å². The molecule has 0 heterocycles. The molecule has 1 N–H and O–H groups in total. The summed E-state index contributed by atoms with van der Waals surface area (Å²) in [6.07, 6.45) is 0. The normalized spacial score (nSPS) is 9.81. The molecule has 2 rings (SSSR count). The highest BCUT2D eigenvalue weighted by Gasteiger charge is 2.05. The molecule has 1 radical (unpaired) electrons. The number of anilines is 1. The third-order valence-corrected chi connectivity index (χ3v) is 2.06. The number of carbonyl (C=O) groups is 1. The summed E-state index contributed by atoms with van der Waals surface area (Å²) in [5, 5.41) is 2.66. The zero-order valence-corrected chi connectivity index (χ0v) is 8.41. The Morgan fingerprint density at radius 1 is 1.12 bits per heavy atom. The lowest BCUT2D eigenvalue weighted by Crippen LogP contribution is -2.11. The molecular formula is C13H9FNO. The van der Waals surface area contributed by atoms with Crippen LogP contribution in [0.2, 0.25) is 0 Å². The second kappa shape index (κ2) is 4.57. The van der Waals surface area contributed by atoms with E-state index in [0.29, 0.717) is 11.3 Å². The summed E-state index contributed by atoms with van der Waals surface area (Å²) in [4.78, 5) is 11.7. The second-order valence-electron chi connectivity index (χ2n) is 3.24. The summed E-state index contributed by atoms with van der Waals surface area (Å²) in [7, 11) is 0. The minimum Gasteiger partial charge on any atom is -0.321 e. The van der Waals surface area contributed by atoms with Crippen molar-refractivity contribution in [1.29, 1.82) is 0 Å². The van der Waals surface area contributed by atoms with Crippen LogP contribution in [-0.2, 0) is 0 Å². The van der Waals surface area contributed by atoms with Crippen molar-refractivity contribution in [2.45, 2.75) is 0 Å². The standard InChI is InChI=1S/C13H9FNO/c14-11-8-6-10(7-9-11)13(16)15-12-4-2-1-3-5-12/h1-4,6-9H,(H,15,16). The van der Waals surface area contributed by atoms with E-state index in [-0.39, 0.29) is 11.7 Å². The van der Waals surface area contributed by atoms with E-state index in [0.717, 1.165) is 0 Å². The zero-order chi connectivity index (χ0) is 11.4. The summed E-state index contributed by atoms with van der Waals surface area (Å²) >= 11 is 0. The molecule has 0 aliphatic carbocycles. The van der Waals surface area contributed by atoms with Gasteiger partial charge in [-0.25, -0.2) is 4.39 Å². The second-order valence-corrected chi connectivity index (χ2v) is 3.24. The van der Waals surface area contributed by atoms with Crippen LogP contribution in [0.1, 0.15) is 10.4 Å². The molecule has 0 unspecified atom stereocenters. The Morgan fingerprint density at radius 2 is 1.88 bits per heavy atom. The summed E-state index contributed by atoms with van der Waals surface area (Å²) in [5.74, 6) is -0.634. The van der Waals surface area contributed by atoms with Crippen LogP contribution in [0, 0.1) is 11.9 Å². The molecule has 0 bridgehead atoms. The predicted octanol–water partition coefficient (Wildman–Crippen LogP) is 2.88. The van der Waals surface area contributed by atoms with Crippen molar-refractivity contribution in [3.63, 3.8) is 0 Å². The molecule has 1 amide bonds. The maximum absolute atomic E-state index is 12.6. The molecule has 2 nitrogen and oxygen atoms in total. The van der Waals surface area contributed by atoms with Crippen LogP contribution in [0.15, 0.2) is 48.5 Å². The smallest absolute Gasteiger partial charge is 0.255 e. The molecular weight excluding hydrogens is 205 g/mol. The first kappa shape index (κ1) is 10.4. The van der Waals surface area contributed by atoms with E-state index < -0.39 is 0 Å². The van der Waals surface area contributed by atoms with Gasteiger partial charge in [-0.1, -0.05) is 18.2 Å². The summed E-state index contributed by atoms with van der Waals surface area (Å²) < 4.78 is 12.6. The van der Waals surface area contributed by atoms with Crippen LogP contribution >= 0.6 is 0 Å². The fourth-order valence-corrected chi connectivity index (χ4v) is 1.27. The summed E-state index contributed by atoms with van der Waals surface area (Å²) in [6.45, 7) is 0. The first-order valence-electron chi connectivity index (χ1n) is 4.79. The van der Waals surface area contributed by atoms with Gasteiger partial charge in [0.05, 0.1) is 0 Å². The van der Waals surface area contributed by atoms with E-state index in [9.17, 15) is 9.18 Å². The van der Waals surface area contributed by atoms with Gasteiger partial charge in [0.15, 0.2) is 0 Å². The Kier molecular flexibility index (Phi) is 2.96. The maximum atomic E-state index is 12.6. The van der Waals surface area contributed by atoms with Crippen LogP contribution in [0.5, 0.6) is 0 Å². The average molecular weight is 214 g/mol. The number of amides is 1. The molecule has 0 fully saturated rings. The fourth-order valence-electron chi connectivity index (χ4n) is 1.27. The highest BCUT2D eigenvalue weighted by atomic mass is 19.1. The quantitative estimate of drug-likeness (QED) is 0.818. The van der Waals surface area contributed by atoms with E-state index in [1.807, 2.05) is 6.07 Å². The number of halogens is 1. The molecule has 0 aliphatic heterocycles. The Balaban J connectivity index is 2.12. The third kappa shape index (κ3) is 2.45. The number of nitrogens with one attached hydrogen (secondary N) is 1. The van der Waals surface area contributed by atoms with E-state index in [2.05, 4.69) is 11.4 Å². The van der Waals surface area contributed by atoms with E-state index in [1.54, 1.807) is 18.2 Å². The molecule has 0 spiro atoms. The highest BCUT2D eigenvalue weighted by Crippen LogP contribution is 2.08. The number of hydrogen-bond acceptors (Lipinski definition) is 1. The van der Waals surface area contributed by atoms with Gasteiger partial charge in [0.1, 0.15) is 5.82 Å². The van der Waals surface area contributed by atoms with E-state index in [1.165, 1.54) is 24.3 Å². The van der Waals surface area contributed by atoms with Crippen molar-refractivity contribution in [3.05, 3.63) is 66.0 Å². The van der Waals surface area contributed by atoms with Crippen LogP contribution in [-0.4, -0.2) is 5.91 Å². The minimum absolute atomic E-state index is 0.276. The molecule has 79 valence electrons. The number of rotatable bonds is 2. The molecule has 2 aromatic rings. The Hall–Kier alpha value is -2.16. The first-order chi connectivity index (χ1) is 7.75. The summed E-state index contributed by atoms with van der Waals surface area (Å²) in [6, 6.07) is 15.3. The van der Waals surface area contributed by atoms with Crippen molar-refractivity contribution in [3.8, 4) is 0 Å². The van der Waals surface area contributed by atoms with Gasteiger partial charge in [0, 0.05) is 17.3 Å². The number of hydrogen-bond donors (Lipinski definition) is 1. The molecule has 16 heavy (non-hydrogen) atoms. The Bertz CT molecular complexity index is 479. The van der Waals surface area contributed by atoms with Gasteiger partial charge in [-0.05, 0) is 30.3 Å². The van der Waals surface area contributed by atoms with Gasteiger partial charge in [0.2, 0.25) is 0 Å². The largest absolute Gasteiger partial charge is 0.321 e. The topological polar surface area (TPSA) is 29.1 Å². The lowest BCUT2D eigenvalue weighted by atomic mass is 10.2. The van der Waals surface area contributed by atoms with Gasteiger partial charge >= 0.3 is 0 Å². The molecule has 3 heteroatoms.